The van der Waals surface area contributed by atoms with Gasteiger partial charge in [-0.2, -0.15) is 23.1 Å². The first kappa shape index (κ1) is 31.4. The fourth-order valence-electron chi connectivity index (χ4n) is 7.09. The monoisotopic (exact) mass is 677 g/mol. The van der Waals surface area contributed by atoms with E-state index in [1.165, 1.54) is 11.0 Å². The highest BCUT2D eigenvalue weighted by Crippen LogP contribution is 2.46. The number of halogens is 6. The standard InChI is InChI=1S/C31H29F6N7O2S/c1-2-21(45)42-8-10-43(11-9-42)27-18-12-19(31(35,36)37)22(17-4-5-20(33)26-25(17)39-28(38)47-26)23(34)24(18)40-29(41-27)46-15-30-6-3-7-44(30)14-16(32)13-30/h2,4-5,12,16H,1,3,6-11,13-15H2,(H2,38,39)/t16-,30+/m1/s1. The maximum Gasteiger partial charge on any atom is 0.417 e. The van der Waals surface area contributed by atoms with Gasteiger partial charge in [-0.1, -0.05) is 17.9 Å². The van der Waals surface area contributed by atoms with Crippen LogP contribution in [-0.4, -0.2) is 88.2 Å². The lowest BCUT2D eigenvalue weighted by atomic mass is 9.95. The number of carbonyl (C=O) groups is 1. The summed E-state index contributed by atoms with van der Waals surface area (Å²) in [5, 5.41) is -0.325. The summed E-state index contributed by atoms with van der Waals surface area (Å²) in [4.78, 5) is 30.2. The predicted octanol–water partition coefficient (Wildman–Crippen LogP) is 5.58. The zero-order chi connectivity index (χ0) is 33.2. The highest BCUT2D eigenvalue weighted by molar-refractivity contribution is 7.22. The van der Waals surface area contributed by atoms with Crippen molar-refractivity contribution in [2.45, 2.75) is 37.1 Å². The van der Waals surface area contributed by atoms with Crippen molar-refractivity contribution < 1.29 is 35.9 Å². The minimum absolute atomic E-state index is 0.00573. The van der Waals surface area contributed by atoms with Gasteiger partial charge in [-0.3, -0.25) is 9.69 Å². The number of aromatic nitrogens is 3. The molecule has 0 aliphatic carbocycles. The number of ether oxygens (including phenoxy) is 1. The molecule has 2 aromatic carbocycles. The third kappa shape index (κ3) is 5.40. The summed E-state index contributed by atoms with van der Waals surface area (Å²) >= 11 is 0.734. The number of nitrogen functional groups attached to an aromatic ring is 1. The molecule has 5 heterocycles. The lowest BCUT2D eigenvalue weighted by molar-refractivity contribution is -0.137. The molecule has 7 rings (SSSR count). The first-order chi connectivity index (χ1) is 22.4. The second-order valence-electron chi connectivity index (χ2n) is 12.0. The highest BCUT2D eigenvalue weighted by atomic mass is 32.1. The number of alkyl halides is 4. The fraction of sp³-hybridized carbons (Fsp3) is 0.419. The van der Waals surface area contributed by atoms with Crippen molar-refractivity contribution >= 4 is 49.3 Å². The minimum atomic E-state index is -5.05. The Labute approximate surface area is 268 Å². The molecule has 2 N–H and O–H groups in total. The van der Waals surface area contributed by atoms with Gasteiger partial charge in [0.2, 0.25) is 5.91 Å². The van der Waals surface area contributed by atoms with Gasteiger partial charge < -0.3 is 20.3 Å². The third-order valence-electron chi connectivity index (χ3n) is 9.27. The number of carbonyl (C=O) groups excluding carboxylic acids is 1. The topological polar surface area (TPSA) is 101 Å². The van der Waals surface area contributed by atoms with E-state index in [4.69, 9.17) is 10.5 Å². The molecule has 248 valence electrons. The summed E-state index contributed by atoms with van der Waals surface area (Å²) in [6.45, 7) is 5.26. The summed E-state index contributed by atoms with van der Waals surface area (Å²) < 4.78 is 96.0. The molecule has 2 atom stereocenters. The van der Waals surface area contributed by atoms with E-state index in [0.717, 1.165) is 36.0 Å². The predicted molar refractivity (Wildman–Crippen MR) is 165 cm³/mol. The van der Waals surface area contributed by atoms with E-state index in [9.17, 15) is 26.7 Å². The number of hydrogen-bond donors (Lipinski definition) is 1. The quantitative estimate of drug-likeness (QED) is 0.209. The average Bonchev–Trinajstić information content (AvgIpc) is 3.71. The Bertz CT molecular complexity index is 1910. The highest BCUT2D eigenvalue weighted by Gasteiger charge is 2.49. The molecule has 0 unspecified atom stereocenters. The van der Waals surface area contributed by atoms with Gasteiger partial charge in [-0.25, -0.2) is 18.2 Å². The van der Waals surface area contributed by atoms with E-state index < -0.39 is 46.2 Å². The van der Waals surface area contributed by atoms with Gasteiger partial charge in [0, 0.05) is 55.7 Å². The number of rotatable bonds is 6. The summed E-state index contributed by atoms with van der Waals surface area (Å²) in [7, 11) is 0. The van der Waals surface area contributed by atoms with Crippen LogP contribution in [0.15, 0.2) is 30.9 Å². The SMILES string of the molecule is C=CC(=O)N1CCN(c2nc(OC[C@@]34CCCN3C[C@H](F)C4)nc3c(F)c(-c4ccc(F)c5sc(N)nc45)c(C(F)(F)F)cc23)CC1. The normalized spacial score (nSPS) is 22.0. The zero-order valence-electron chi connectivity index (χ0n) is 24.9. The van der Waals surface area contributed by atoms with Crippen LogP contribution in [0.5, 0.6) is 6.01 Å². The molecule has 0 bridgehead atoms. The zero-order valence-corrected chi connectivity index (χ0v) is 25.7. The van der Waals surface area contributed by atoms with Gasteiger partial charge in [0.25, 0.3) is 0 Å². The van der Waals surface area contributed by atoms with E-state index in [-0.39, 0.29) is 89.8 Å². The molecule has 16 heteroatoms. The summed E-state index contributed by atoms with van der Waals surface area (Å²) in [5.41, 5.74) is 2.01. The van der Waals surface area contributed by atoms with Gasteiger partial charge in [-0.05, 0) is 43.7 Å². The lowest BCUT2D eigenvalue weighted by Crippen LogP contribution is -2.48. The maximum absolute atomic E-state index is 16.8. The van der Waals surface area contributed by atoms with E-state index >= 15 is 4.39 Å². The molecule has 1 amide bonds. The Hall–Kier alpha value is -4.18. The van der Waals surface area contributed by atoms with Gasteiger partial charge >= 0.3 is 12.2 Å². The number of amides is 1. The van der Waals surface area contributed by atoms with Crippen molar-refractivity contribution in [3.05, 3.63) is 48.1 Å². The van der Waals surface area contributed by atoms with Crippen LogP contribution in [0.25, 0.3) is 32.2 Å². The van der Waals surface area contributed by atoms with Gasteiger partial charge in [0.05, 0.1) is 21.3 Å². The van der Waals surface area contributed by atoms with Crippen molar-refractivity contribution in [2.75, 3.05) is 56.5 Å². The van der Waals surface area contributed by atoms with Crippen LogP contribution < -0.4 is 15.4 Å². The van der Waals surface area contributed by atoms with Crippen LogP contribution in [0.3, 0.4) is 0 Å². The van der Waals surface area contributed by atoms with Crippen LogP contribution in [0.1, 0.15) is 24.8 Å². The van der Waals surface area contributed by atoms with Gasteiger partial charge in [0.15, 0.2) is 10.9 Å². The number of piperazine rings is 1. The Balaban J connectivity index is 1.40. The first-order valence-corrected chi connectivity index (χ1v) is 15.8. The minimum Gasteiger partial charge on any atom is -0.461 e. The Kier molecular flexibility index (Phi) is 7.69. The van der Waals surface area contributed by atoms with Crippen molar-refractivity contribution in [1.82, 2.24) is 24.8 Å². The Morgan fingerprint density at radius 3 is 2.62 bits per heavy atom. The molecule has 0 radical (unpaired) electrons. The van der Waals surface area contributed by atoms with Crippen molar-refractivity contribution in [3.8, 4) is 17.1 Å². The summed E-state index contributed by atoms with van der Waals surface area (Å²) in [6.07, 6.45) is -3.14. The van der Waals surface area contributed by atoms with Crippen LogP contribution in [0, 0.1) is 11.6 Å². The number of anilines is 2. The molecule has 2 aromatic heterocycles. The van der Waals surface area contributed by atoms with Crippen molar-refractivity contribution in [3.63, 3.8) is 0 Å². The molecule has 3 saturated heterocycles. The van der Waals surface area contributed by atoms with Crippen LogP contribution in [0.2, 0.25) is 0 Å². The molecular formula is C31H29F6N7O2S. The van der Waals surface area contributed by atoms with E-state index in [1.807, 2.05) is 4.90 Å². The number of nitrogens with two attached hydrogens (primary N) is 1. The number of thiazole rings is 1. The fourth-order valence-corrected chi connectivity index (χ4v) is 7.86. The second-order valence-corrected chi connectivity index (χ2v) is 13.1. The maximum atomic E-state index is 16.8. The molecule has 3 aliphatic heterocycles. The average molecular weight is 678 g/mol. The van der Waals surface area contributed by atoms with Crippen molar-refractivity contribution in [2.24, 2.45) is 0 Å². The first-order valence-electron chi connectivity index (χ1n) is 15.0. The van der Waals surface area contributed by atoms with E-state index in [2.05, 4.69) is 21.5 Å². The van der Waals surface area contributed by atoms with Gasteiger partial charge in [-0.15, -0.1) is 0 Å². The molecule has 0 spiro atoms. The number of fused-ring (bicyclic) bond motifs is 3. The molecule has 3 aliphatic rings. The number of hydrogen-bond acceptors (Lipinski definition) is 9. The molecule has 3 fully saturated rings. The molecular weight excluding hydrogens is 648 g/mol. The molecule has 4 aromatic rings. The largest absolute Gasteiger partial charge is 0.461 e. The van der Waals surface area contributed by atoms with Crippen LogP contribution in [0.4, 0.5) is 37.3 Å². The Morgan fingerprint density at radius 2 is 1.89 bits per heavy atom. The van der Waals surface area contributed by atoms with Crippen LogP contribution >= 0.6 is 11.3 Å². The van der Waals surface area contributed by atoms with E-state index in [0.29, 0.717) is 13.0 Å². The van der Waals surface area contributed by atoms with E-state index in [1.54, 1.807) is 4.90 Å². The number of nitrogens with zero attached hydrogens (tertiary/aromatic N) is 6. The smallest absolute Gasteiger partial charge is 0.417 e. The van der Waals surface area contributed by atoms with Crippen molar-refractivity contribution in [1.29, 1.82) is 0 Å². The third-order valence-corrected chi connectivity index (χ3v) is 10.2. The Morgan fingerprint density at radius 1 is 1.13 bits per heavy atom. The molecule has 47 heavy (non-hydrogen) atoms. The lowest BCUT2D eigenvalue weighted by Gasteiger charge is -2.35. The molecule has 0 saturated carbocycles. The summed E-state index contributed by atoms with van der Waals surface area (Å²) in [5.74, 6) is -2.39. The molecule has 9 nitrogen and oxygen atoms in total. The summed E-state index contributed by atoms with van der Waals surface area (Å²) in [6, 6.07) is 2.47. The van der Waals surface area contributed by atoms with Crippen LogP contribution in [-0.2, 0) is 11.0 Å². The van der Waals surface area contributed by atoms with Gasteiger partial charge in [0.1, 0.15) is 29.9 Å². The number of benzene rings is 2. The second kappa shape index (κ2) is 11.5.